The Balaban J connectivity index is 2.03. The molecule has 96 valence electrons. The summed E-state index contributed by atoms with van der Waals surface area (Å²) in [6.07, 6.45) is 3.91. The summed E-state index contributed by atoms with van der Waals surface area (Å²) < 4.78 is 5.86. The third-order valence-corrected chi connectivity index (χ3v) is 4.10. The lowest BCUT2D eigenvalue weighted by atomic mass is 9.77. The second kappa shape index (κ2) is 4.13. The van der Waals surface area contributed by atoms with Gasteiger partial charge in [0.05, 0.1) is 0 Å². The molecule has 0 amide bonds. The Morgan fingerprint density at radius 3 is 2.94 bits per heavy atom. The van der Waals surface area contributed by atoms with E-state index in [1.807, 2.05) is 18.2 Å². The molecule has 1 saturated carbocycles. The Morgan fingerprint density at radius 1 is 1.33 bits per heavy atom. The summed E-state index contributed by atoms with van der Waals surface area (Å²) in [6, 6.07) is 8.16. The van der Waals surface area contributed by atoms with Crippen LogP contribution in [0.4, 0.5) is 0 Å². The zero-order chi connectivity index (χ0) is 12.8. The van der Waals surface area contributed by atoms with Crippen LogP contribution in [0, 0.1) is 12.8 Å². The van der Waals surface area contributed by atoms with Crippen molar-refractivity contribution >= 4 is 11.0 Å². The smallest absolute Gasteiger partial charge is 0.136 e. The maximum atomic E-state index is 10.8. The first-order valence-electron chi connectivity index (χ1n) is 6.80. The standard InChI is InChI=1S/C16H20O2/c1-11-5-6-14-13(8-11)9-15(18-14)16(17)7-3-4-12(2)10-16/h5-6,8-9,12,17H,3-4,7,10H2,1-2H3. The molecule has 1 fully saturated rings. The maximum Gasteiger partial charge on any atom is 0.136 e. The Labute approximate surface area is 108 Å². The first-order valence-corrected chi connectivity index (χ1v) is 6.80. The molecule has 0 saturated heterocycles. The molecule has 1 aromatic heterocycles. The SMILES string of the molecule is Cc1ccc2oc(C3(O)CCCC(C)C3)cc2c1. The van der Waals surface area contributed by atoms with Crippen LogP contribution in [0.25, 0.3) is 11.0 Å². The van der Waals surface area contributed by atoms with E-state index in [0.29, 0.717) is 5.92 Å². The molecule has 0 bridgehead atoms. The number of rotatable bonds is 1. The molecule has 0 spiro atoms. The zero-order valence-electron chi connectivity index (χ0n) is 11.1. The molecule has 1 aliphatic carbocycles. The topological polar surface area (TPSA) is 33.4 Å². The second-order valence-corrected chi connectivity index (χ2v) is 5.89. The summed E-state index contributed by atoms with van der Waals surface area (Å²) in [4.78, 5) is 0. The number of aliphatic hydroxyl groups is 1. The molecule has 1 aromatic carbocycles. The second-order valence-electron chi connectivity index (χ2n) is 5.89. The van der Waals surface area contributed by atoms with Crippen molar-refractivity contribution in [3.05, 3.63) is 35.6 Å². The van der Waals surface area contributed by atoms with Crippen molar-refractivity contribution in [2.24, 2.45) is 5.92 Å². The van der Waals surface area contributed by atoms with Crippen LogP contribution < -0.4 is 0 Å². The molecule has 0 radical (unpaired) electrons. The van der Waals surface area contributed by atoms with Gasteiger partial charge in [0.15, 0.2) is 0 Å². The van der Waals surface area contributed by atoms with E-state index in [4.69, 9.17) is 4.42 Å². The maximum absolute atomic E-state index is 10.8. The van der Waals surface area contributed by atoms with Crippen LogP contribution >= 0.6 is 0 Å². The number of fused-ring (bicyclic) bond motifs is 1. The highest BCUT2D eigenvalue weighted by molar-refractivity contribution is 5.78. The van der Waals surface area contributed by atoms with Gasteiger partial charge in [-0.15, -0.1) is 0 Å². The van der Waals surface area contributed by atoms with Crippen molar-refractivity contribution in [3.8, 4) is 0 Å². The van der Waals surface area contributed by atoms with Crippen molar-refractivity contribution in [2.75, 3.05) is 0 Å². The van der Waals surface area contributed by atoms with E-state index in [-0.39, 0.29) is 0 Å². The van der Waals surface area contributed by atoms with Crippen LogP contribution in [0.1, 0.15) is 43.9 Å². The quantitative estimate of drug-likeness (QED) is 0.818. The minimum Gasteiger partial charge on any atom is -0.458 e. The number of furan rings is 1. The van der Waals surface area contributed by atoms with Gasteiger partial charge in [-0.25, -0.2) is 0 Å². The average Bonchev–Trinajstić information content (AvgIpc) is 2.72. The van der Waals surface area contributed by atoms with Gasteiger partial charge in [0, 0.05) is 5.39 Å². The largest absolute Gasteiger partial charge is 0.458 e. The zero-order valence-corrected chi connectivity index (χ0v) is 11.1. The highest BCUT2D eigenvalue weighted by Gasteiger charge is 2.37. The summed E-state index contributed by atoms with van der Waals surface area (Å²) in [6.45, 7) is 4.28. The molecule has 1 heterocycles. The van der Waals surface area contributed by atoms with Gasteiger partial charge >= 0.3 is 0 Å². The third kappa shape index (κ3) is 1.95. The summed E-state index contributed by atoms with van der Waals surface area (Å²) in [5.41, 5.74) is 1.34. The van der Waals surface area contributed by atoms with E-state index in [9.17, 15) is 5.11 Å². The van der Waals surface area contributed by atoms with Crippen LogP contribution in [-0.4, -0.2) is 5.11 Å². The highest BCUT2D eigenvalue weighted by atomic mass is 16.4. The number of aryl methyl sites for hydroxylation is 1. The molecule has 3 rings (SSSR count). The molecule has 18 heavy (non-hydrogen) atoms. The van der Waals surface area contributed by atoms with Gasteiger partial charge in [0.25, 0.3) is 0 Å². The fourth-order valence-corrected chi connectivity index (χ4v) is 3.14. The summed E-state index contributed by atoms with van der Waals surface area (Å²) in [5, 5.41) is 11.9. The monoisotopic (exact) mass is 244 g/mol. The van der Waals surface area contributed by atoms with Crippen molar-refractivity contribution < 1.29 is 9.52 Å². The van der Waals surface area contributed by atoms with E-state index >= 15 is 0 Å². The lowest BCUT2D eigenvalue weighted by molar-refractivity contribution is -0.0345. The van der Waals surface area contributed by atoms with Gasteiger partial charge in [-0.3, -0.25) is 0 Å². The molecule has 1 N–H and O–H groups in total. The van der Waals surface area contributed by atoms with Crippen molar-refractivity contribution in [1.82, 2.24) is 0 Å². The van der Waals surface area contributed by atoms with Crippen LogP contribution in [-0.2, 0) is 5.60 Å². The van der Waals surface area contributed by atoms with E-state index in [1.54, 1.807) is 0 Å². The summed E-state index contributed by atoms with van der Waals surface area (Å²) in [5.74, 6) is 1.31. The van der Waals surface area contributed by atoms with E-state index in [0.717, 1.165) is 36.0 Å². The van der Waals surface area contributed by atoms with Gasteiger partial charge in [-0.05, 0) is 50.3 Å². The first-order chi connectivity index (χ1) is 8.57. The van der Waals surface area contributed by atoms with Crippen LogP contribution in [0.15, 0.2) is 28.7 Å². The van der Waals surface area contributed by atoms with Gasteiger partial charge < -0.3 is 9.52 Å². The number of hydrogen-bond donors (Lipinski definition) is 1. The lowest BCUT2D eigenvalue weighted by Crippen LogP contribution is -2.31. The van der Waals surface area contributed by atoms with Gasteiger partial charge in [0.2, 0.25) is 0 Å². The number of benzene rings is 1. The Morgan fingerprint density at radius 2 is 2.17 bits per heavy atom. The van der Waals surface area contributed by atoms with Crippen LogP contribution in [0.5, 0.6) is 0 Å². The third-order valence-electron chi connectivity index (χ3n) is 4.10. The fraction of sp³-hybridized carbons (Fsp3) is 0.500. The molecule has 1 aliphatic rings. The highest BCUT2D eigenvalue weighted by Crippen LogP contribution is 2.41. The molecular formula is C16H20O2. The van der Waals surface area contributed by atoms with Crippen LogP contribution in [0.2, 0.25) is 0 Å². The minimum atomic E-state index is -0.759. The van der Waals surface area contributed by atoms with Crippen molar-refractivity contribution in [3.63, 3.8) is 0 Å². The molecule has 2 nitrogen and oxygen atoms in total. The molecule has 2 aromatic rings. The van der Waals surface area contributed by atoms with Crippen molar-refractivity contribution in [2.45, 2.75) is 45.1 Å². The molecule has 0 aliphatic heterocycles. The predicted molar refractivity (Wildman–Crippen MR) is 72.5 cm³/mol. The fourth-order valence-electron chi connectivity index (χ4n) is 3.14. The normalized spacial score (nSPS) is 28.7. The van der Waals surface area contributed by atoms with Gasteiger partial charge in [-0.1, -0.05) is 25.0 Å². The molecular weight excluding hydrogens is 224 g/mol. The summed E-state index contributed by atoms with van der Waals surface area (Å²) in [7, 11) is 0. The van der Waals surface area contributed by atoms with E-state index in [2.05, 4.69) is 19.9 Å². The Bertz CT molecular complexity index is 569. The Kier molecular flexibility index (Phi) is 2.70. The van der Waals surface area contributed by atoms with Crippen LogP contribution in [0.3, 0.4) is 0 Å². The first kappa shape index (κ1) is 11.8. The predicted octanol–water partition coefficient (Wildman–Crippen LogP) is 4.14. The van der Waals surface area contributed by atoms with Gasteiger partial charge in [0.1, 0.15) is 16.9 Å². The Hall–Kier alpha value is -1.28. The van der Waals surface area contributed by atoms with Gasteiger partial charge in [-0.2, -0.15) is 0 Å². The van der Waals surface area contributed by atoms with E-state index in [1.165, 1.54) is 12.0 Å². The lowest BCUT2D eigenvalue weighted by Gasteiger charge is -2.33. The summed E-state index contributed by atoms with van der Waals surface area (Å²) >= 11 is 0. The molecule has 2 heteroatoms. The van der Waals surface area contributed by atoms with E-state index < -0.39 is 5.60 Å². The average molecular weight is 244 g/mol. The minimum absolute atomic E-state index is 0.568. The molecule has 2 unspecified atom stereocenters. The number of hydrogen-bond acceptors (Lipinski definition) is 2. The molecule has 2 atom stereocenters. The van der Waals surface area contributed by atoms with Crippen molar-refractivity contribution in [1.29, 1.82) is 0 Å².